The predicted octanol–water partition coefficient (Wildman–Crippen LogP) is 0.794. The van der Waals surface area contributed by atoms with Gasteiger partial charge in [0.15, 0.2) is 4.88 Å². The van der Waals surface area contributed by atoms with Crippen molar-refractivity contribution in [3.05, 3.63) is 10.6 Å². The van der Waals surface area contributed by atoms with Gasteiger partial charge in [-0.2, -0.15) is 0 Å². The molecule has 0 fully saturated rings. The molecule has 1 aromatic rings. The van der Waals surface area contributed by atoms with Crippen LogP contribution in [0.5, 0.6) is 0 Å². The summed E-state index contributed by atoms with van der Waals surface area (Å²) in [5, 5.41) is 3.40. The van der Waals surface area contributed by atoms with Crippen molar-refractivity contribution in [3.8, 4) is 0 Å². The Kier molecular flexibility index (Phi) is 2.48. The number of rotatable bonds is 2. The van der Waals surface area contributed by atoms with Gasteiger partial charge in [0.05, 0.1) is 7.11 Å². The molecule has 0 spiro atoms. The fourth-order valence-electron chi connectivity index (χ4n) is 0.544. The average molecular weight is 176 g/mol. The van der Waals surface area contributed by atoms with Crippen LogP contribution < -0.4 is 0 Å². The Morgan fingerprint density at radius 1 is 1.82 bits per heavy atom. The quantitative estimate of drug-likeness (QED) is 0.625. The maximum absolute atomic E-state index is 12.0. The van der Waals surface area contributed by atoms with Gasteiger partial charge in [-0.1, -0.05) is 4.49 Å². The van der Waals surface area contributed by atoms with E-state index in [0.717, 1.165) is 11.5 Å². The molecule has 0 aliphatic rings. The normalized spacial score (nSPS) is 9.64. The number of esters is 1. The standard InChI is InChI=1S/C5H5FN2O2S/c1-10-5(9)4-3(2-6)7-8-11-4/h2H2,1H3. The maximum atomic E-state index is 12.0. The van der Waals surface area contributed by atoms with E-state index in [1.54, 1.807) is 0 Å². The van der Waals surface area contributed by atoms with Gasteiger partial charge in [-0.15, -0.1) is 5.10 Å². The summed E-state index contributed by atoms with van der Waals surface area (Å²) in [6.45, 7) is -0.791. The highest BCUT2D eigenvalue weighted by Crippen LogP contribution is 2.12. The topological polar surface area (TPSA) is 52.1 Å². The predicted molar refractivity (Wildman–Crippen MR) is 36.1 cm³/mol. The first-order valence-corrected chi connectivity index (χ1v) is 3.52. The number of methoxy groups -OCH3 is 1. The highest BCUT2D eigenvalue weighted by molar-refractivity contribution is 7.07. The van der Waals surface area contributed by atoms with Crippen LogP contribution in [0.25, 0.3) is 0 Å². The van der Waals surface area contributed by atoms with Crippen LogP contribution in [0.3, 0.4) is 0 Å². The van der Waals surface area contributed by atoms with Gasteiger partial charge in [0.25, 0.3) is 0 Å². The van der Waals surface area contributed by atoms with Gasteiger partial charge in [-0.3, -0.25) is 0 Å². The van der Waals surface area contributed by atoms with Gasteiger partial charge < -0.3 is 4.74 Å². The van der Waals surface area contributed by atoms with Crippen molar-refractivity contribution in [2.75, 3.05) is 7.11 Å². The Labute approximate surface area is 66.2 Å². The van der Waals surface area contributed by atoms with Crippen molar-refractivity contribution < 1.29 is 13.9 Å². The number of aromatic nitrogens is 2. The highest BCUT2D eigenvalue weighted by Gasteiger charge is 2.15. The summed E-state index contributed by atoms with van der Waals surface area (Å²) in [5.74, 6) is -0.590. The third kappa shape index (κ3) is 1.51. The maximum Gasteiger partial charge on any atom is 0.351 e. The lowest BCUT2D eigenvalue weighted by molar-refractivity contribution is 0.0604. The fourth-order valence-corrected chi connectivity index (χ4v) is 1.12. The lowest BCUT2D eigenvalue weighted by Crippen LogP contribution is -2.01. The molecule has 0 aliphatic heterocycles. The molecular formula is C5H5FN2O2S. The zero-order valence-corrected chi connectivity index (χ0v) is 6.52. The molecule has 0 saturated heterocycles. The van der Waals surface area contributed by atoms with Crippen LogP contribution in [0.1, 0.15) is 15.4 Å². The highest BCUT2D eigenvalue weighted by atomic mass is 32.1. The first-order chi connectivity index (χ1) is 5.29. The molecule has 11 heavy (non-hydrogen) atoms. The summed E-state index contributed by atoms with van der Waals surface area (Å²) in [4.78, 5) is 10.9. The summed E-state index contributed by atoms with van der Waals surface area (Å²) in [7, 11) is 1.23. The van der Waals surface area contributed by atoms with Crippen LogP contribution in [0.4, 0.5) is 4.39 Å². The first-order valence-electron chi connectivity index (χ1n) is 2.75. The van der Waals surface area contributed by atoms with Crippen LogP contribution in [-0.2, 0) is 11.4 Å². The molecule has 0 aromatic carbocycles. The first kappa shape index (κ1) is 8.06. The van der Waals surface area contributed by atoms with E-state index < -0.39 is 12.6 Å². The number of carbonyl (C=O) groups excluding carboxylic acids is 1. The monoisotopic (exact) mass is 176 g/mol. The number of halogens is 1. The van der Waals surface area contributed by atoms with E-state index in [2.05, 4.69) is 14.3 Å². The second-order valence-electron chi connectivity index (χ2n) is 1.67. The van der Waals surface area contributed by atoms with Crippen LogP contribution >= 0.6 is 11.5 Å². The van der Waals surface area contributed by atoms with Gasteiger partial charge in [0.2, 0.25) is 0 Å². The van der Waals surface area contributed by atoms with Gasteiger partial charge in [-0.25, -0.2) is 9.18 Å². The van der Waals surface area contributed by atoms with Crippen molar-refractivity contribution in [2.45, 2.75) is 6.67 Å². The second-order valence-corrected chi connectivity index (χ2v) is 2.43. The molecule has 0 N–H and O–H groups in total. The minimum atomic E-state index is -0.791. The van der Waals surface area contributed by atoms with Crippen molar-refractivity contribution in [2.24, 2.45) is 0 Å². The molecule has 0 aliphatic carbocycles. The van der Waals surface area contributed by atoms with Gasteiger partial charge in [0.1, 0.15) is 12.4 Å². The second kappa shape index (κ2) is 3.38. The minimum absolute atomic E-state index is 0.0434. The lowest BCUT2D eigenvalue weighted by atomic mass is 10.4. The molecule has 0 bridgehead atoms. The van der Waals surface area contributed by atoms with E-state index in [4.69, 9.17) is 0 Å². The molecule has 1 aromatic heterocycles. The van der Waals surface area contributed by atoms with E-state index >= 15 is 0 Å². The number of carbonyl (C=O) groups is 1. The Bertz CT molecular complexity index is 263. The Morgan fingerprint density at radius 3 is 3.09 bits per heavy atom. The van der Waals surface area contributed by atoms with Crippen LogP contribution in [0.15, 0.2) is 0 Å². The molecule has 0 saturated carbocycles. The summed E-state index contributed by atoms with van der Waals surface area (Å²) < 4.78 is 19.8. The number of hydrogen-bond donors (Lipinski definition) is 0. The van der Waals surface area contributed by atoms with Gasteiger partial charge >= 0.3 is 5.97 Å². The van der Waals surface area contributed by atoms with E-state index in [-0.39, 0.29) is 10.6 Å². The van der Waals surface area contributed by atoms with Crippen LogP contribution in [-0.4, -0.2) is 22.7 Å². The third-order valence-corrected chi connectivity index (χ3v) is 1.80. The smallest absolute Gasteiger partial charge is 0.351 e. The van der Waals surface area contributed by atoms with E-state index in [0.29, 0.717) is 0 Å². The van der Waals surface area contributed by atoms with Gasteiger partial charge in [0, 0.05) is 0 Å². The lowest BCUT2D eigenvalue weighted by Gasteiger charge is -1.92. The van der Waals surface area contributed by atoms with E-state index in [9.17, 15) is 9.18 Å². The number of ether oxygens (including phenoxy) is 1. The molecule has 0 atom stereocenters. The Morgan fingerprint density at radius 2 is 2.55 bits per heavy atom. The molecule has 60 valence electrons. The molecule has 4 nitrogen and oxygen atoms in total. The molecular weight excluding hydrogens is 171 g/mol. The summed E-state index contributed by atoms with van der Waals surface area (Å²) in [6.07, 6.45) is 0. The van der Waals surface area contributed by atoms with Crippen LogP contribution in [0, 0.1) is 0 Å². The van der Waals surface area contributed by atoms with Crippen molar-refractivity contribution in [3.63, 3.8) is 0 Å². The van der Waals surface area contributed by atoms with Crippen LogP contribution in [0.2, 0.25) is 0 Å². The molecule has 1 heterocycles. The van der Waals surface area contributed by atoms with E-state index in [1.807, 2.05) is 0 Å². The SMILES string of the molecule is COC(=O)c1snnc1CF. The fraction of sp³-hybridized carbons (Fsp3) is 0.400. The summed E-state index contributed by atoms with van der Waals surface area (Å²) >= 11 is 0.831. The van der Waals surface area contributed by atoms with Crippen molar-refractivity contribution in [1.82, 2.24) is 9.59 Å². The Hall–Kier alpha value is -1.04. The third-order valence-electron chi connectivity index (χ3n) is 1.05. The average Bonchev–Trinajstić information content (AvgIpc) is 2.50. The molecule has 0 radical (unpaired) electrons. The van der Waals surface area contributed by atoms with Crippen molar-refractivity contribution >= 4 is 17.5 Å². The number of hydrogen-bond acceptors (Lipinski definition) is 5. The molecule has 1 rings (SSSR count). The molecule has 0 amide bonds. The Balaban J connectivity index is 2.92. The summed E-state index contributed by atoms with van der Waals surface area (Å²) in [6, 6.07) is 0. The van der Waals surface area contributed by atoms with E-state index in [1.165, 1.54) is 7.11 Å². The number of alkyl halides is 1. The molecule has 0 unspecified atom stereocenters. The molecule has 6 heteroatoms. The minimum Gasteiger partial charge on any atom is -0.465 e. The summed E-state index contributed by atoms with van der Waals surface area (Å²) in [5.41, 5.74) is 0.0434. The zero-order valence-electron chi connectivity index (χ0n) is 5.70. The van der Waals surface area contributed by atoms with Crippen molar-refractivity contribution in [1.29, 1.82) is 0 Å². The number of nitrogens with zero attached hydrogens (tertiary/aromatic N) is 2. The largest absolute Gasteiger partial charge is 0.465 e. The van der Waals surface area contributed by atoms with Gasteiger partial charge in [-0.05, 0) is 11.5 Å². The zero-order chi connectivity index (χ0) is 8.27.